The first-order chi connectivity index (χ1) is 18.2. The van der Waals surface area contributed by atoms with Crippen LogP contribution in [0.5, 0.6) is 0 Å². The van der Waals surface area contributed by atoms with Crippen molar-refractivity contribution in [1.82, 2.24) is 19.2 Å². The lowest BCUT2D eigenvalue weighted by atomic mass is 9.93. The average molecular weight is 604 g/mol. The first-order valence-corrected chi connectivity index (χ1v) is 13.8. The van der Waals surface area contributed by atoms with Gasteiger partial charge in [-0.25, -0.2) is 31.9 Å². The molecule has 1 aliphatic rings. The molecular formula is C25H26ClF4N5O4S. The van der Waals surface area contributed by atoms with Crippen LogP contribution in [0.25, 0.3) is 16.7 Å². The molecule has 1 amide bonds. The molecule has 1 aromatic heterocycles. The Bertz CT molecular complexity index is 1660. The van der Waals surface area contributed by atoms with Crippen LogP contribution in [-0.2, 0) is 26.5 Å². The molecule has 216 valence electrons. The number of guanidine groups is 1. The molecule has 2 heterocycles. The summed E-state index contributed by atoms with van der Waals surface area (Å²) in [5.41, 5.74) is -4.94. The summed E-state index contributed by atoms with van der Waals surface area (Å²) in [5.74, 6) is -2.10. The Labute approximate surface area is 232 Å². The number of alkyl halides is 3. The zero-order valence-electron chi connectivity index (χ0n) is 22.3. The highest BCUT2D eigenvalue weighted by atomic mass is 35.5. The van der Waals surface area contributed by atoms with Gasteiger partial charge in [-0.15, -0.1) is 0 Å². The zero-order valence-corrected chi connectivity index (χ0v) is 23.9. The molecule has 0 radical (unpaired) electrons. The van der Waals surface area contributed by atoms with E-state index in [0.29, 0.717) is 0 Å². The normalized spacial score (nSPS) is 19.5. The van der Waals surface area contributed by atoms with E-state index in [4.69, 9.17) is 16.3 Å². The lowest BCUT2D eigenvalue weighted by molar-refractivity contribution is -0.136. The van der Waals surface area contributed by atoms with Crippen LogP contribution >= 0.6 is 11.6 Å². The maximum absolute atomic E-state index is 16.3. The van der Waals surface area contributed by atoms with Crippen molar-refractivity contribution in [3.63, 3.8) is 0 Å². The third-order valence-electron chi connectivity index (χ3n) is 6.16. The highest BCUT2D eigenvalue weighted by Crippen LogP contribution is 2.42. The van der Waals surface area contributed by atoms with E-state index in [2.05, 4.69) is 15.3 Å². The van der Waals surface area contributed by atoms with Crippen LogP contribution in [0.3, 0.4) is 0 Å². The van der Waals surface area contributed by atoms with E-state index in [9.17, 15) is 26.4 Å². The van der Waals surface area contributed by atoms with Crippen molar-refractivity contribution in [3.05, 3.63) is 58.1 Å². The van der Waals surface area contributed by atoms with Crippen molar-refractivity contribution in [1.29, 1.82) is 0 Å². The highest BCUT2D eigenvalue weighted by molar-refractivity contribution is 7.89. The first-order valence-electron chi connectivity index (χ1n) is 11.9. The van der Waals surface area contributed by atoms with Gasteiger partial charge in [0.05, 0.1) is 27.5 Å². The van der Waals surface area contributed by atoms with Crippen LogP contribution in [0.4, 0.5) is 22.4 Å². The summed E-state index contributed by atoms with van der Waals surface area (Å²) in [6.45, 7) is 7.58. The van der Waals surface area contributed by atoms with E-state index >= 15 is 4.39 Å². The zero-order chi connectivity index (χ0) is 30.0. The van der Waals surface area contributed by atoms with Gasteiger partial charge >= 0.3 is 12.3 Å². The molecular weight excluding hydrogens is 578 g/mol. The molecule has 9 nitrogen and oxygen atoms in total. The lowest BCUT2D eigenvalue weighted by Gasteiger charge is -2.36. The molecule has 3 aromatic rings. The predicted molar refractivity (Wildman–Crippen MR) is 141 cm³/mol. The van der Waals surface area contributed by atoms with E-state index in [1.165, 1.54) is 45.2 Å². The number of halogens is 5. The predicted octanol–water partition coefficient (Wildman–Crippen LogP) is 5.52. The number of ether oxygens (including phenoxy) is 1. The van der Waals surface area contributed by atoms with E-state index < -0.39 is 67.1 Å². The molecule has 4 rings (SSSR count). The molecule has 1 N–H and O–H groups in total. The summed E-state index contributed by atoms with van der Waals surface area (Å²) >= 11 is 5.93. The third kappa shape index (κ3) is 5.33. The summed E-state index contributed by atoms with van der Waals surface area (Å²) < 4.78 is 91.5. The number of nitrogens with zero attached hydrogens (tertiary/aromatic N) is 4. The molecule has 0 spiro atoms. The second-order valence-corrected chi connectivity index (χ2v) is 12.9. The monoisotopic (exact) mass is 603 g/mol. The highest BCUT2D eigenvalue weighted by Gasteiger charge is 2.44. The van der Waals surface area contributed by atoms with Gasteiger partial charge in [0, 0.05) is 12.6 Å². The van der Waals surface area contributed by atoms with Crippen molar-refractivity contribution in [2.75, 3.05) is 12.8 Å². The number of aliphatic imine (C=N–C) groups is 1. The number of alkyl carbamates (subject to hydrolysis) is 1. The van der Waals surface area contributed by atoms with Gasteiger partial charge in [0.15, 0.2) is 5.82 Å². The van der Waals surface area contributed by atoms with Crippen LogP contribution in [0, 0.1) is 12.7 Å². The van der Waals surface area contributed by atoms with Gasteiger partial charge in [-0.1, -0.05) is 23.7 Å². The van der Waals surface area contributed by atoms with E-state index in [1.54, 1.807) is 20.8 Å². The van der Waals surface area contributed by atoms with Crippen molar-refractivity contribution >= 4 is 44.7 Å². The Kier molecular flexibility index (Phi) is 7.11. The minimum Gasteiger partial charge on any atom is -0.444 e. The standard InChI is InChI=1S/C25H26ClF4N5O4S/c1-13-31-16-11-10-15(26)18(25(28,29)30)20(16)35(13)17-9-7-8-14(19(17)27)24(5)12-40(37,38)34(6)21(33-24)32-22(36)39-23(2,3)4/h7-11H,12H2,1-6H3,(H,32,33,36)/t24-/m0/s1. The number of carbonyl (C=O) groups is 1. The van der Waals surface area contributed by atoms with Gasteiger partial charge in [-0.2, -0.15) is 13.2 Å². The molecule has 2 aromatic carbocycles. The fourth-order valence-corrected chi connectivity index (χ4v) is 6.22. The van der Waals surface area contributed by atoms with E-state index in [1.807, 2.05) is 0 Å². The van der Waals surface area contributed by atoms with Gasteiger partial charge in [0.1, 0.15) is 22.5 Å². The second kappa shape index (κ2) is 9.61. The number of fused-ring (bicyclic) bond motifs is 1. The van der Waals surface area contributed by atoms with Crippen molar-refractivity contribution in [3.8, 4) is 5.69 Å². The van der Waals surface area contributed by atoms with Crippen LogP contribution in [0.1, 0.15) is 44.6 Å². The van der Waals surface area contributed by atoms with Crippen LogP contribution in [0.15, 0.2) is 35.3 Å². The van der Waals surface area contributed by atoms with Crippen molar-refractivity contribution < 1.29 is 35.5 Å². The minimum absolute atomic E-state index is 0.0377. The molecule has 0 aliphatic carbocycles. The maximum atomic E-state index is 16.3. The Balaban J connectivity index is 1.92. The number of benzene rings is 2. The number of sulfonamides is 1. The largest absolute Gasteiger partial charge is 0.444 e. The molecule has 40 heavy (non-hydrogen) atoms. The average Bonchev–Trinajstić information content (AvgIpc) is 3.10. The number of hydrogen-bond donors (Lipinski definition) is 1. The summed E-state index contributed by atoms with van der Waals surface area (Å²) in [4.78, 5) is 20.9. The maximum Gasteiger partial charge on any atom is 0.419 e. The van der Waals surface area contributed by atoms with Crippen LogP contribution < -0.4 is 5.32 Å². The Morgan fingerprint density at radius 2 is 1.82 bits per heavy atom. The smallest absolute Gasteiger partial charge is 0.419 e. The van der Waals surface area contributed by atoms with Gasteiger partial charge < -0.3 is 4.74 Å². The molecule has 0 fully saturated rings. The Hall–Kier alpha value is -3.39. The van der Waals surface area contributed by atoms with Crippen LogP contribution in [0.2, 0.25) is 5.02 Å². The third-order valence-corrected chi connectivity index (χ3v) is 8.41. The van der Waals surface area contributed by atoms with E-state index in [-0.39, 0.29) is 22.6 Å². The number of aromatic nitrogens is 2. The van der Waals surface area contributed by atoms with Gasteiger partial charge in [-0.05, 0) is 52.8 Å². The SMILES string of the molecule is Cc1nc2ccc(Cl)c(C(F)(F)F)c2n1-c1cccc([C@]2(C)CS(=O)(=O)N(C)C(NC(=O)OC(C)(C)C)=N2)c1F. The topological polar surface area (TPSA) is 106 Å². The summed E-state index contributed by atoms with van der Waals surface area (Å²) in [7, 11) is -2.97. The molecule has 15 heteroatoms. The van der Waals surface area contributed by atoms with Crippen molar-refractivity contribution in [2.45, 2.75) is 51.9 Å². The quantitative estimate of drug-likeness (QED) is 0.389. The number of nitrogens with one attached hydrogen (secondary N) is 1. The first kappa shape index (κ1) is 29.6. The Morgan fingerprint density at radius 1 is 1.18 bits per heavy atom. The molecule has 1 atom stereocenters. The number of imidazole rings is 1. The molecule has 0 unspecified atom stereocenters. The van der Waals surface area contributed by atoms with Gasteiger partial charge in [-0.3, -0.25) is 9.88 Å². The summed E-state index contributed by atoms with van der Waals surface area (Å²) in [6.07, 6.45) is -5.86. The van der Waals surface area contributed by atoms with Crippen molar-refractivity contribution in [2.24, 2.45) is 4.99 Å². The lowest BCUT2D eigenvalue weighted by Crippen LogP contribution is -2.54. The number of carbonyl (C=O) groups excluding carboxylic acids is 1. The van der Waals surface area contributed by atoms with Gasteiger partial charge in [0.25, 0.3) is 0 Å². The molecule has 1 aliphatic heterocycles. The number of rotatable bonds is 2. The minimum atomic E-state index is -4.88. The number of amides is 1. The second-order valence-electron chi connectivity index (χ2n) is 10.5. The number of aryl methyl sites for hydroxylation is 1. The number of hydrogen-bond acceptors (Lipinski definition) is 6. The summed E-state index contributed by atoms with van der Waals surface area (Å²) in [5, 5.41) is 1.70. The molecule has 0 saturated carbocycles. The molecule has 0 bridgehead atoms. The summed E-state index contributed by atoms with van der Waals surface area (Å²) in [6, 6.07) is 6.24. The fourth-order valence-electron chi connectivity index (χ4n) is 4.49. The van der Waals surface area contributed by atoms with E-state index in [0.717, 1.165) is 14.9 Å². The Morgan fingerprint density at radius 3 is 2.42 bits per heavy atom. The molecule has 0 saturated heterocycles. The van der Waals surface area contributed by atoms with Crippen LogP contribution in [-0.4, -0.2) is 52.7 Å². The fraction of sp³-hybridized carbons (Fsp3) is 0.400. The van der Waals surface area contributed by atoms with Gasteiger partial charge in [0.2, 0.25) is 16.0 Å².